The normalized spacial score (nSPS) is 19.1. The van der Waals surface area contributed by atoms with Gasteiger partial charge in [0.2, 0.25) is 0 Å². The number of rotatable bonds is 9. The van der Waals surface area contributed by atoms with E-state index in [9.17, 15) is 0 Å². The lowest BCUT2D eigenvalue weighted by Gasteiger charge is -2.21. The minimum atomic E-state index is 0.346. The summed E-state index contributed by atoms with van der Waals surface area (Å²) in [4.78, 5) is 2.56. The molecule has 1 unspecified atom stereocenters. The quantitative estimate of drug-likeness (QED) is 0.589. The fraction of sp³-hybridized carbons (Fsp3) is 1.00. The molecule has 0 aromatic carbocycles. The van der Waals surface area contributed by atoms with Gasteiger partial charge in [0, 0.05) is 19.2 Å². The minimum absolute atomic E-state index is 0.346. The van der Waals surface area contributed by atoms with Crippen molar-refractivity contribution >= 4 is 0 Å². The Kier molecular flexibility index (Phi) is 7.81. The molecular weight excluding hydrogens is 200 g/mol. The molecule has 1 heterocycles. The average Bonchev–Trinajstić information content (AvgIpc) is 2.76. The van der Waals surface area contributed by atoms with Gasteiger partial charge >= 0.3 is 0 Å². The molecule has 1 fully saturated rings. The first kappa shape index (κ1) is 13.9. The Bertz CT molecular complexity index is 158. The first-order valence-corrected chi connectivity index (χ1v) is 6.89. The van der Waals surface area contributed by atoms with Gasteiger partial charge in [0.15, 0.2) is 0 Å². The Morgan fingerprint density at radius 3 is 2.50 bits per heavy atom. The van der Waals surface area contributed by atoms with Gasteiger partial charge in [-0.3, -0.25) is 0 Å². The fourth-order valence-electron chi connectivity index (χ4n) is 2.36. The summed E-state index contributed by atoms with van der Waals surface area (Å²) in [5.41, 5.74) is 0. The highest BCUT2D eigenvalue weighted by atomic mass is 16.2. The number of nitrogens with one attached hydrogen (secondary N) is 1. The number of unbranched alkanes of at least 4 members (excludes halogenated alkanes) is 3. The Morgan fingerprint density at radius 1 is 1.12 bits per heavy atom. The molecule has 0 radical (unpaired) electrons. The van der Waals surface area contributed by atoms with Crippen molar-refractivity contribution in [1.82, 2.24) is 10.2 Å². The molecule has 0 saturated carbocycles. The summed E-state index contributed by atoms with van der Waals surface area (Å²) in [6.45, 7) is 7.55. The van der Waals surface area contributed by atoms with Gasteiger partial charge in [0.05, 0.1) is 0 Å². The second kappa shape index (κ2) is 8.97. The van der Waals surface area contributed by atoms with Gasteiger partial charge < -0.3 is 15.3 Å². The molecule has 3 nitrogen and oxygen atoms in total. The molecule has 0 amide bonds. The lowest BCUT2D eigenvalue weighted by Crippen LogP contribution is -2.38. The first-order chi connectivity index (χ1) is 7.83. The standard InChI is InChI=1S/C13H28N2O/c1-13(12-15-9-5-6-10-15)14-8-4-2-3-7-11-16/h13-14,16H,2-12H2,1H3. The lowest BCUT2D eigenvalue weighted by atomic mass is 10.2. The fourth-order valence-corrected chi connectivity index (χ4v) is 2.36. The van der Waals surface area contributed by atoms with Crippen LogP contribution in [0.25, 0.3) is 0 Å². The molecule has 0 spiro atoms. The summed E-state index contributed by atoms with van der Waals surface area (Å²) in [5.74, 6) is 0. The van der Waals surface area contributed by atoms with E-state index in [1.807, 2.05) is 0 Å². The van der Waals surface area contributed by atoms with E-state index in [1.165, 1.54) is 51.7 Å². The van der Waals surface area contributed by atoms with Crippen molar-refractivity contribution in [3.05, 3.63) is 0 Å². The Morgan fingerprint density at radius 2 is 1.81 bits per heavy atom. The van der Waals surface area contributed by atoms with Gasteiger partial charge in [-0.1, -0.05) is 12.8 Å². The van der Waals surface area contributed by atoms with Crippen LogP contribution in [0.1, 0.15) is 45.4 Å². The topological polar surface area (TPSA) is 35.5 Å². The zero-order chi connectivity index (χ0) is 11.6. The van der Waals surface area contributed by atoms with E-state index in [4.69, 9.17) is 5.11 Å². The van der Waals surface area contributed by atoms with Crippen molar-refractivity contribution in [1.29, 1.82) is 0 Å². The monoisotopic (exact) mass is 228 g/mol. The van der Waals surface area contributed by atoms with Gasteiger partial charge in [-0.15, -0.1) is 0 Å². The van der Waals surface area contributed by atoms with E-state index in [-0.39, 0.29) is 0 Å². The maximum absolute atomic E-state index is 8.65. The van der Waals surface area contributed by atoms with Crippen LogP contribution in [0.15, 0.2) is 0 Å². The van der Waals surface area contributed by atoms with E-state index < -0.39 is 0 Å². The molecule has 96 valence electrons. The van der Waals surface area contributed by atoms with Crippen LogP contribution in [-0.2, 0) is 0 Å². The summed E-state index contributed by atoms with van der Waals surface area (Å²) in [6.07, 6.45) is 7.37. The van der Waals surface area contributed by atoms with Crippen LogP contribution in [0.2, 0.25) is 0 Å². The molecule has 1 atom stereocenters. The summed E-state index contributed by atoms with van der Waals surface area (Å²) < 4.78 is 0. The predicted octanol–water partition coefficient (Wildman–Crippen LogP) is 1.61. The number of aliphatic hydroxyl groups excluding tert-OH is 1. The molecule has 1 aliphatic rings. The number of likely N-dealkylation sites (tertiary alicyclic amines) is 1. The van der Waals surface area contributed by atoms with Crippen molar-refractivity contribution in [3.8, 4) is 0 Å². The lowest BCUT2D eigenvalue weighted by molar-refractivity contribution is 0.281. The van der Waals surface area contributed by atoms with E-state index in [1.54, 1.807) is 0 Å². The van der Waals surface area contributed by atoms with E-state index >= 15 is 0 Å². The summed E-state index contributed by atoms with van der Waals surface area (Å²) in [5, 5.41) is 12.2. The highest BCUT2D eigenvalue weighted by molar-refractivity contribution is 4.72. The molecule has 1 rings (SSSR count). The maximum atomic E-state index is 8.65. The smallest absolute Gasteiger partial charge is 0.0431 e. The largest absolute Gasteiger partial charge is 0.396 e. The van der Waals surface area contributed by atoms with Gasteiger partial charge in [-0.25, -0.2) is 0 Å². The highest BCUT2D eigenvalue weighted by Gasteiger charge is 2.13. The number of nitrogens with zero attached hydrogens (tertiary/aromatic N) is 1. The molecule has 0 bridgehead atoms. The predicted molar refractivity (Wildman–Crippen MR) is 68.7 cm³/mol. The third-order valence-corrected chi connectivity index (χ3v) is 3.31. The Labute approximate surface area is 100 Å². The molecular formula is C13H28N2O. The molecule has 16 heavy (non-hydrogen) atoms. The zero-order valence-corrected chi connectivity index (χ0v) is 10.7. The highest BCUT2D eigenvalue weighted by Crippen LogP contribution is 2.07. The Hall–Kier alpha value is -0.120. The maximum Gasteiger partial charge on any atom is 0.0431 e. The number of aliphatic hydroxyl groups is 1. The van der Waals surface area contributed by atoms with Crippen molar-refractivity contribution in [3.63, 3.8) is 0 Å². The van der Waals surface area contributed by atoms with Crippen molar-refractivity contribution < 1.29 is 5.11 Å². The molecule has 1 aliphatic heterocycles. The number of hydrogen-bond acceptors (Lipinski definition) is 3. The van der Waals surface area contributed by atoms with Crippen LogP contribution in [0.4, 0.5) is 0 Å². The van der Waals surface area contributed by atoms with E-state index in [0.29, 0.717) is 12.6 Å². The minimum Gasteiger partial charge on any atom is -0.396 e. The Balaban J connectivity index is 1.87. The van der Waals surface area contributed by atoms with E-state index in [0.717, 1.165) is 13.0 Å². The molecule has 0 aromatic heterocycles. The van der Waals surface area contributed by atoms with Crippen LogP contribution in [0.5, 0.6) is 0 Å². The van der Waals surface area contributed by atoms with Crippen LogP contribution >= 0.6 is 0 Å². The van der Waals surface area contributed by atoms with E-state index in [2.05, 4.69) is 17.1 Å². The number of hydrogen-bond donors (Lipinski definition) is 2. The summed E-state index contributed by atoms with van der Waals surface area (Å²) >= 11 is 0. The summed E-state index contributed by atoms with van der Waals surface area (Å²) in [6, 6.07) is 0.621. The van der Waals surface area contributed by atoms with Gasteiger partial charge in [-0.05, 0) is 52.2 Å². The third-order valence-electron chi connectivity index (χ3n) is 3.31. The van der Waals surface area contributed by atoms with Crippen LogP contribution in [-0.4, -0.2) is 48.8 Å². The van der Waals surface area contributed by atoms with Crippen LogP contribution < -0.4 is 5.32 Å². The van der Waals surface area contributed by atoms with Gasteiger partial charge in [-0.2, -0.15) is 0 Å². The second-order valence-electron chi connectivity index (χ2n) is 5.00. The molecule has 0 aromatic rings. The van der Waals surface area contributed by atoms with Crippen molar-refractivity contribution in [2.24, 2.45) is 0 Å². The first-order valence-electron chi connectivity index (χ1n) is 6.89. The van der Waals surface area contributed by atoms with Crippen molar-refractivity contribution in [2.75, 3.05) is 32.8 Å². The third kappa shape index (κ3) is 6.46. The van der Waals surface area contributed by atoms with Crippen molar-refractivity contribution in [2.45, 2.75) is 51.5 Å². The zero-order valence-electron chi connectivity index (χ0n) is 10.7. The SMILES string of the molecule is CC(CN1CCCC1)NCCCCCCO. The summed E-state index contributed by atoms with van der Waals surface area (Å²) in [7, 11) is 0. The molecule has 3 heteroatoms. The average molecular weight is 228 g/mol. The molecule has 2 N–H and O–H groups in total. The van der Waals surface area contributed by atoms with Crippen LogP contribution in [0.3, 0.4) is 0 Å². The molecule has 0 aliphatic carbocycles. The van der Waals surface area contributed by atoms with Gasteiger partial charge in [0.25, 0.3) is 0 Å². The van der Waals surface area contributed by atoms with Crippen LogP contribution in [0, 0.1) is 0 Å². The molecule has 1 saturated heterocycles. The van der Waals surface area contributed by atoms with Gasteiger partial charge in [0.1, 0.15) is 0 Å². The second-order valence-corrected chi connectivity index (χ2v) is 5.00.